The summed E-state index contributed by atoms with van der Waals surface area (Å²) in [6.07, 6.45) is 1.85. The van der Waals surface area contributed by atoms with Gasteiger partial charge in [0.1, 0.15) is 17.1 Å². The van der Waals surface area contributed by atoms with Crippen molar-refractivity contribution >= 4 is 29.4 Å². The van der Waals surface area contributed by atoms with Crippen LogP contribution in [0, 0.1) is 6.92 Å². The highest BCUT2D eigenvalue weighted by atomic mass is 32.2. The van der Waals surface area contributed by atoms with Crippen LogP contribution in [0.3, 0.4) is 0 Å². The molecular weight excluding hydrogens is 272 g/mol. The summed E-state index contributed by atoms with van der Waals surface area (Å²) in [5, 5.41) is 12.8. The number of aryl methyl sites for hydroxylation is 1. The average molecular weight is 289 g/mol. The van der Waals surface area contributed by atoms with Crippen LogP contribution in [-0.4, -0.2) is 17.4 Å². The molecule has 2 rings (SSSR count). The van der Waals surface area contributed by atoms with Gasteiger partial charge in [-0.15, -0.1) is 0 Å². The van der Waals surface area contributed by atoms with E-state index in [1.807, 2.05) is 61.7 Å². The normalized spacial score (nSPS) is 11.2. The Balaban J connectivity index is 2.11. The van der Waals surface area contributed by atoms with Crippen molar-refractivity contribution in [3.05, 3.63) is 54.1 Å². The zero-order valence-electron chi connectivity index (χ0n) is 11.4. The quantitative estimate of drug-likeness (QED) is 0.459. The number of aliphatic hydroxyl groups excluding tert-OH is 1. The minimum atomic E-state index is -0.0306. The van der Waals surface area contributed by atoms with Crippen molar-refractivity contribution in [2.75, 3.05) is 11.6 Å². The van der Waals surface area contributed by atoms with Gasteiger partial charge < -0.3 is 9.29 Å². The summed E-state index contributed by atoms with van der Waals surface area (Å²) in [5.41, 5.74) is 2.69. The highest BCUT2D eigenvalue weighted by Crippen LogP contribution is 2.16. The van der Waals surface area contributed by atoms with E-state index in [0.717, 1.165) is 22.7 Å². The number of anilines is 1. The van der Waals surface area contributed by atoms with Gasteiger partial charge in [-0.3, -0.25) is 0 Å². The fourth-order valence-corrected chi connectivity index (χ4v) is 2.05. The van der Waals surface area contributed by atoms with Crippen LogP contribution in [0.25, 0.3) is 0 Å². The third-order valence-electron chi connectivity index (χ3n) is 2.56. The Hall–Kier alpha value is -2.14. The van der Waals surface area contributed by atoms with Crippen molar-refractivity contribution in [2.24, 2.45) is 0 Å². The van der Waals surface area contributed by atoms with Crippen molar-refractivity contribution in [3.63, 3.8) is 0 Å². The molecule has 0 aromatic heterocycles. The Bertz CT molecular complexity index is 614. The van der Waals surface area contributed by atoms with Crippen LogP contribution in [-0.2, 0) is 0 Å². The van der Waals surface area contributed by atoms with E-state index in [1.54, 1.807) is 0 Å². The Kier molecular flexibility index (Phi) is 4.90. The van der Waals surface area contributed by atoms with Crippen LogP contribution in [0.5, 0.6) is 5.75 Å². The SMILES string of the molecule is CSOc1cccc([NH+]=C(O)Nc2cccc(C)c2)c1. The molecule has 2 aromatic carbocycles. The lowest BCUT2D eigenvalue weighted by atomic mass is 10.2. The van der Waals surface area contributed by atoms with Gasteiger partial charge in [0, 0.05) is 12.3 Å². The second kappa shape index (κ2) is 6.86. The van der Waals surface area contributed by atoms with Gasteiger partial charge >= 0.3 is 6.02 Å². The molecule has 0 fully saturated rings. The fourth-order valence-electron chi connectivity index (χ4n) is 1.75. The second-order valence-electron chi connectivity index (χ2n) is 4.25. The van der Waals surface area contributed by atoms with Crippen molar-refractivity contribution < 1.29 is 14.3 Å². The maximum absolute atomic E-state index is 9.92. The Morgan fingerprint density at radius 2 is 2.00 bits per heavy atom. The Labute approximate surface area is 122 Å². The van der Waals surface area contributed by atoms with Gasteiger partial charge in [0.15, 0.2) is 0 Å². The number of amidine groups is 1. The monoisotopic (exact) mass is 289 g/mol. The van der Waals surface area contributed by atoms with Gasteiger partial charge in [0.25, 0.3) is 0 Å². The minimum Gasteiger partial charge on any atom is -0.447 e. The predicted octanol–water partition coefficient (Wildman–Crippen LogP) is 2.39. The standard InChI is InChI=1S/C15H16N2O2S/c1-11-5-3-6-12(9-11)16-15(18)17-13-7-4-8-14(10-13)19-20-2/h3-10H,1-2H3,(H2,16,17,18)/p+1. The molecular formula is C15H17N2O2S+. The number of benzene rings is 2. The third-order valence-corrected chi connectivity index (χ3v) is 2.92. The lowest BCUT2D eigenvalue weighted by molar-refractivity contribution is -0.365. The van der Waals surface area contributed by atoms with Crippen LogP contribution < -0.4 is 14.5 Å². The van der Waals surface area contributed by atoms with E-state index in [9.17, 15) is 5.11 Å². The summed E-state index contributed by atoms with van der Waals surface area (Å²) < 4.78 is 5.33. The zero-order chi connectivity index (χ0) is 14.4. The van der Waals surface area contributed by atoms with Gasteiger partial charge in [-0.25, -0.2) is 10.3 Å². The second-order valence-corrected chi connectivity index (χ2v) is 4.75. The van der Waals surface area contributed by atoms with E-state index >= 15 is 0 Å². The smallest absolute Gasteiger partial charge is 0.447 e. The van der Waals surface area contributed by atoms with E-state index in [1.165, 1.54) is 12.0 Å². The molecule has 104 valence electrons. The van der Waals surface area contributed by atoms with Crippen LogP contribution in [0.15, 0.2) is 48.5 Å². The molecule has 0 saturated heterocycles. The topological polar surface area (TPSA) is 55.5 Å². The highest BCUT2D eigenvalue weighted by Gasteiger charge is 2.06. The van der Waals surface area contributed by atoms with Crippen LogP contribution in [0.1, 0.15) is 5.56 Å². The summed E-state index contributed by atoms with van der Waals surface area (Å²) in [4.78, 5) is 2.88. The molecule has 0 bridgehead atoms. The fraction of sp³-hybridized carbons (Fsp3) is 0.133. The Morgan fingerprint density at radius 3 is 2.75 bits per heavy atom. The summed E-state index contributed by atoms with van der Waals surface area (Å²) in [6.45, 7) is 2.00. The van der Waals surface area contributed by atoms with Crippen LogP contribution in [0.2, 0.25) is 0 Å². The van der Waals surface area contributed by atoms with E-state index in [-0.39, 0.29) is 6.02 Å². The molecule has 0 spiro atoms. The predicted molar refractivity (Wildman–Crippen MR) is 83.6 cm³/mol. The molecule has 5 heteroatoms. The molecule has 0 aliphatic heterocycles. The molecule has 0 aliphatic carbocycles. The number of aliphatic hydroxyl groups is 1. The molecule has 2 aromatic rings. The number of rotatable bonds is 4. The summed E-state index contributed by atoms with van der Waals surface area (Å²) in [7, 11) is 0. The molecule has 3 N–H and O–H groups in total. The number of hydrogen-bond donors (Lipinski definition) is 3. The minimum absolute atomic E-state index is 0.0306. The van der Waals surface area contributed by atoms with Crippen molar-refractivity contribution in [1.29, 1.82) is 0 Å². The average Bonchev–Trinajstić information content (AvgIpc) is 2.39. The van der Waals surface area contributed by atoms with E-state index < -0.39 is 0 Å². The molecule has 4 nitrogen and oxygen atoms in total. The lowest BCUT2D eigenvalue weighted by Gasteiger charge is -2.01. The maximum Gasteiger partial charge on any atom is 0.449 e. The van der Waals surface area contributed by atoms with Gasteiger partial charge in [0.2, 0.25) is 0 Å². The molecule has 0 saturated carbocycles. The summed E-state index contributed by atoms with van der Waals surface area (Å²) >= 11 is 1.27. The van der Waals surface area contributed by atoms with E-state index in [4.69, 9.17) is 4.18 Å². The summed E-state index contributed by atoms with van der Waals surface area (Å²) in [5.74, 6) is 0.728. The first-order valence-electron chi connectivity index (χ1n) is 6.15. The number of hydrogen-bond acceptors (Lipinski definition) is 2. The Morgan fingerprint density at radius 1 is 1.20 bits per heavy atom. The van der Waals surface area contributed by atoms with Crippen molar-refractivity contribution in [2.45, 2.75) is 6.92 Å². The largest absolute Gasteiger partial charge is 0.449 e. The zero-order valence-corrected chi connectivity index (χ0v) is 12.2. The maximum atomic E-state index is 9.92. The van der Waals surface area contributed by atoms with Crippen LogP contribution in [0.4, 0.5) is 11.4 Å². The molecule has 0 amide bonds. The highest BCUT2D eigenvalue weighted by molar-refractivity contribution is 7.94. The van der Waals surface area contributed by atoms with Gasteiger partial charge in [-0.2, -0.15) is 0 Å². The van der Waals surface area contributed by atoms with Gasteiger partial charge in [-0.05, 0) is 36.8 Å². The molecule has 0 radical (unpaired) electrons. The first kappa shape index (κ1) is 14.3. The van der Waals surface area contributed by atoms with Crippen LogP contribution >= 0.6 is 12.0 Å². The molecule has 0 heterocycles. The lowest BCUT2D eigenvalue weighted by Crippen LogP contribution is -2.68. The van der Waals surface area contributed by atoms with Crippen molar-refractivity contribution in [3.8, 4) is 5.75 Å². The van der Waals surface area contributed by atoms with E-state index in [0.29, 0.717) is 0 Å². The van der Waals surface area contributed by atoms with Gasteiger partial charge in [-0.1, -0.05) is 18.2 Å². The van der Waals surface area contributed by atoms with Crippen molar-refractivity contribution in [1.82, 2.24) is 0 Å². The first-order chi connectivity index (χ1) is 9.67. The molecule has 20 heavy (non-hydrogen) atoms. The third kappa shape index (κ3) is 4.20. The van der Waals surface area contributed by atoms with Gasteiger partial charge in [0.05, 0.1) is 12.0 Å². The molecule has 0 aliphatic rings. The van der Waals surface area contributed by atoms with E-state index in [2.05, 4.69) is 10.3 Å². The molecule has 0 atom stereocenters. The summed E-state index contributed by atoms with van der Waals surface area (Å²) in [6, 6.07) is 15.1. The number of nitrogens with one attached hydrogen (secondary N) is 2. The molecule has 0 unspecified atom stereocenters. The first-order valence-corrected chi connectivity index (χ1v) is 7.30.